The van der Waals surface area contributed by atoms with Crippen LogP contribution in [-0.2, 0) is 39.9 Å². The molecule has 8 nitrogen and oxygen atoms in total. The first-order valence-corrected chi connectivity index (χ1v) is 17.0. The van der Waals surface area contributed by atoms with Crippen LogP contribution in [0, 0.1) is 71.0 Å². The van der Waals surface area contributed by atoms with Crippen LogP contribution in [0.3, 0.4) is 0 Å². The SMILES string of the molecule is O=C1[C@@H]2[C@@H]3C[C@@H]4[C@@H]2C(=O)N1CC12CCC(CN5C(=O)[C@@H]6[C@@H]7C[C@H]([C@@H]6C5=O)[C@H]5[C@@H]7C6(C(F)(F)F)OC5(C(F)(F)F)[C@H]3[C@H]46)(O1)c1ccccc12. The van der Waals surface area contributed by atoms with Crippen molar-refractivity contribution >= 4 is 23.6 Å². The molecule has 8 aliphatic heterocycles. The van der Waals surface area contributed by atoms with Gasteiger partial charge in [-0.1, -0.05) is 24.3 Å². The Morgan fingerprint density at radius 2 is 0.896 bits per heavy atom. The van der Waals surface area contributed by atoms with Crippen molar-refractivity contribution in [2.24, 2.45) is 71.0 Å². The zero-order chi connectivity index (χ0) is 33.0. The Morgan fingerprint density at radius 1 is 0.562 bits per heavy atom. The number of imide groups is 2. The van der Waals surface area contributed by atoms with Gasteiger partial charge in [0.15, 0.2) is 11.2 Å². The molecule has 4 unspecified atom stereocenters. The third-order valence-electron chi connectivity index (χ3n) is 15.8. The minimum absolute atomic E-state index is 0.101. The van der Waals surface area contributed by atoms with E-state index in [0.29, 0.717) is 24.0 Å². The number of ether oxygens (including phenoxy) is 2. The lowest BCUT2D eigenvalue weighted by molar-refractivity contribution is -0.329. The maximum absolute atomic E-state index is 15.8. The van der Waals surface area contributed by atoms with Crippen molar-refractivity contribution in [1.29, 1.82) is 0 Å². The summed E-state index contributed by atoms with van der Waals surface area (Å²) >= 11 is 0. The molecule has 16 atom stereocenters. The molecule has 0 spiro atoms. The van der Waals surface area contributed by atoms with Crippen molar-refractivity contribution in [3.63, 3.8) is 0 Å². The van der Waals surface area contributed by atoms with Gasteiger partial charge >= 0.3 is 12.4 Å². The molecule has 12 aliphatic rings. The number of fused-ring (bicyclic) bond motifs is 1. The van der Waals surface area contributed by atoms with Crippen LogP contribution in [0.5, 0.6) is 0 Å². The Morgan fingerprint density at radius 3 is 1.21 bits per heavy atom. The minimum atomic E-state index is -5.25. The number of carbonyl (C=O) groups is 4. The van der Waals surface area contributed by atoms with Gasteiger partial charge in [-0.15, -0.1) is 0 Å². The Hall–Kier alpha value is -3.00. The van der Waals surface area contributed by atoms with Gasteiger partial charge in [0.25, 0.3) is 0 Å². The summed E-state index contributed by atoms with van der Waals surface area (Å²) in [4.78, 5) is 59.3. The first kappa shape index (κ1) is 27.8. The van der Waals surface area contributed by atoms with Crippen LogP contribution in [0.4, 0.5) is 26.3 Å². The van der Waals surface area contributed by atoms with Crippen LogP contribution in [-0.4, -0.2) is 70.1 Å². The molecule has 0 N–H and O–H groups in total. The predicted molar refractivity (Wildman–Crippen MR) is 143 cm³/mol. The van der Waals surface area contributed by atoms with E-state index in [1.165, 1.54) is 0 Å². The number of alkyl halides is 6. The molecular weight excluding hydrogens is 646 g/mol. The van der Waals surface area contributed by atoms with E-state index in [-0.39, 0.29) is 25.9 Å². The van der Waals surface area contributed by atoms with Gasteiger partial charge in [0.2, 0.25) is 23.6 Å². The molecular formula is C34H28F6N2O6. The summed E-state index contributed by atoms with van der Waals surface area (Å²) in [6.07, 6.45) is -10.00. The fraction of sp³-hybridized carbons (Fsp3) is 0.706. The van der Waals surface area contributed by atoms with Crippen molar-refractivity contribution in [2.45, 2.75) is 60.4 Å². The van der Waals surface area contributed by atoms with Crippen molar-refractivity contribution < 1.29 is 55.0 Å². The van der Waals surface area contributed by atoms with Gasteiger partial charge in [-0.2, -0.15) is 26.3 Å². The average Bonchev–Trinajstić information content (AvgIpc) is 3.87. The van der Waals surface area contributed by atoms with E-state index >= 15 is 26.3 Å². The molecule has 14 bridgehead atoms. The highest BCUT2D eigenvalue weighted by Crippen LogP contribution is 2.86. The molecule has 1 aromatic carbocycles. The van der Waals surface area contributed by atoms with Crippen molar-refractivity contribution in [3.05, 3.63) is 35.4 Å². The van der Waals surface area contributed by atoms with Gasteiger partial charge in [-0.3, -0.25) is 29.0 Å². The van der Waals surface area contributed by atoms with Gasteiger partial charge in [-0.05, 0) is 60.5 Å². The van der Waals surface area contributed by atoms with Gasteiger partial charge < -0.3 is 9.47 Å². The second kappa shape index (κ2) is 7.38. The van der Waals surface area contributed by atoms with Gasteiger partial charge in [0.1, 0.15) is 11.2 Å². The molecule has 4 saturated carbocycles. The van der Waals surface area contributed by atoms with Crippen LogP contribution >= 0.6 is 0 Å². The highest BCUT2D eigenvalue weighted by molar-refractivity contribution is 6.07. The number of nitrogens with zero attached hydrogens (tertiary/aromatic N) is 2. The van der Waals surface area contributed by atoms with Crippen LogP contribution in [0.1, 0.15) is 36.8 Å². The summed E-state index contributed by atoms with van der Waals surface area (Å²) in [5.41, 5.74) is -7.44. The lowest BCUT2D eigenvalue weighted by Crippen LogP contribution is -2.66. The normalized spacial score (nSPS) is 55.5. The first-order valence-electron chi connectivity index (χ1n) is 17.0. The van der Waals surface area contributed by atoms with Crippen LogP contribution in [0.15, 0.2) is 24.3 Å². The summed E-state index contributed by atoms with van der Waals surface area (Å²) in [5, 5.41) is 0. The number of amides is 4. The summed E-state index contributed by atoms with van der Waals surface area (Å²) in [7, 11) is 0. The molecule has 48 heavy (non-hydrogen) atoms. The molecule has 0 radical (unpaired) electrons. The molecule has 11 fully saturated rings. The molecule has 14 heteroatoms. The smallest absolute Gasteiger partial charge is 0.355 e. The molecule has 252 valence electrons. The van der Waals surface area contributed by atoms with Crippen LogP contribution in [0.25, 0.3) is 0 Å². The number of rotatable bonds is 0. The third-order valence-corrected chi connectivity index (χ3v) is 15.8. The van der Waals surface area contributed by atoms with Gasteiger partial charge in [-0.25, -0.2) is 0 Å². The fourth-order valence-electron chi connectivity index (χ4n) is 15.1. The standard InChI is InChI=1S/C34H28F6N2O6/c35-33(36,37)31-21-11-7-12-18-17(11)25(43)41(26(18)44)9-29-5-6-30(47-29,16-4-2-1-3-15(16)29)10-42-27(45)19-13-8-14(20(19)28(42)46)24(23(13)31)32(48-31,22(12)21)34(38,39)40/h1-4,11-14,17-24H,5-10H2/t11-,12+,13+,14-,17+,18-,19-,20+,21+,22-,23-,24+,29?,30?,31?,32?. The molecule has 0 aromatic heterocycles. The molecule has 8 heterocycles. The average molecular weight is 675 g/mol. The predicted octanol–water partition coefficient (Wildman–Crippen LogP) is 3.53. The van der Waals surface area contributed by atoms with Crippen molar-refractivity contribution in [1.82, 2.24) is 9.80 Å². The van der Waals surface area contributed by atoms with Gasteiger partial charge in [0.05, 0.1) is 36.8 Å². The summed E-state index contributed by atoms with van der Waals surface area (Å²) in [6, 6.07) is 7.22. The lowest BCUT2D eigenvalue weighted by atomic mass is 9.46. The number of carbonyl (C=O) groups excluding carboxylic acids is 4. The second-order valence-corrected chi connectivity index (χ2v) is 16.7. The highest BCUT2D eigenvalue weighted by Gasteiger charge is 2.97. The lowest BCUT2D eigenvalue weighted by Gasteiger charge is -2.53. The maximum atomic E-state index is 15.8. The first-order chi connectivity index (χ1) is 22.6. The van der Waals surface area contributed by atoms with Crippen molar-refractivity contribution in [3.8, 4) is 0 Å². The van der Waals surface area contributed by atoms with E-state index in [1.807, 2.05) is 12.1 Å². The molecule has 4 aliphatic carbocycles. The van der Waals surface area contributed by atoms with Crippen LogP contribution in [0.2, 0.25) is 0 Å². The zero-order valence-corrected chi connectivity index (χ0v) is 25.1. The molecule has 7 saturated heterocycles. The van der Waals surface area contributed by atoms with Crippen LogP contribution < -0.4 is 0 Å². The second-order valence-electron chi connectivity index (χ2n) is 16.7. The van der Waals surface area contributed by atoms with E-state index in [2.05, 4.69) is 0 Å². The summed E-state index contributed by atoms with van der Waals surface area (Å²) in [5.74, 6) is -18.7. The molecule has 1 aromatic rings. The summed E-state index contributed by atoms with van der Waals surface area (Å²) in [6.45, 7) is -0.474. The quantitative estimate of drug-likeness (QED) is 0.309. The molecule has 13 rings (SSSR count). The Balaban J connectivity index is 1.13. The maximum Gasteiger partial charge on any atom is 0.418 e. The Bertz CT molecular complexity index is 1670. The number of hydrogen-bond donors (Lipinski definition) is 0. The van der Waals surface area contributed by atoms with Gasteiger partial charge in [0, 0.05) is 23.7 Å². The van der Waals surface area contributed by atoms with E-state index in [4.69, 9.17) is 9.47 Å². The van der Waals surface area contributed by atoms with Crippen molar-refractivity contribution in [2.75, 3.05) is 13.1 Å². The van der Waals surface area contributed by atoms with E-state index in [0.717, 1.165) is 9.80 Å². The highest BCUT2D eigenvalue weighted by atomic mass is 19.4. The number of halogens is 6. The monoisotopic (exact) mass is 674 g/mol. The van der Waals surface area contributed by atoms with E-state index in [1.54, 1.807) is 12.1 Å². The van der Waals surface area contributed by atoms with E-state index in [9.17, 15) is 19.2 Å². The number of benzene rings is 1. The van der Waals surface area contributed by atoms with E-state index < -0.39 is 129 Å². The topological polar surface area (TPSA) is 93.2 Å². The minimum Gasteiger partial charge on any atom is -0.355 e. The zero-order valence-electron chi connectivity index (χ0n) is 25.1. The molecule has 4 amide bonds. The Labute approximate surface area is 268 Å². The largest absolute Gasteiger partial charge is 0.418 e. The fourth-order valence-corrected chi connectivity index (χ4v) is 15.1. The Kier molecular flexibility index (Phi) is 4.27. The summed E-state index contributed by atoms with van der Waals surface area (Å²) < 4.78 is 108. The number of hydrogen-bond acceptors (Lipinski definition) is 6. The third kappa shape index (κ3) is 2.37.